The summed E-state index contributed by atoms with van der Waals surface area (Å²) in [6.45, 7) is 2.01. The molecule has 0 fully saturated rings. The van der Waals surface area contributed by atoms with Crippen molar-refractivity contribution in [2.45, 2.75) is 6.92 Å². The molecule has 0 radical (unpaired) electrons. The molecule has 1 heterocycles. The molecule has 2 N–H and O–H groups in total. The Kier molecular flexibility index (Phi) is 6.83. The molecule has 0 saturated carbocycles. The van der Waals surface area contributed by atoms with Gasteiger partial charge in [-0.25, -0.2) is 9.59 Å². The molecule has 0 saturated heterocycles. The number of benzene rings is 2. The van der Waals surface area contributed by atoms with Crippen LogP contribution in [0.5, 0.6) is 0 Å². The number of nitrogens with one attached hydrogen (secondary N) is 1. The van der Waals surface area contributed by atoms with Crippen LogP contribution in [0.2, 0.25) is 0 Å². The zero-order valence-corrected chi connectivity index (χ0v) is 17.0. The molecule has 3 rings (SSSR count). The van der Waals surface area contributed by atoms with E-state index in [0.717, 1.165) is 0 Å². The van der Waals surface area contributed by atoms with Crippen molar-refractivity contribution in [3.63, 3.8) is 0 Å². The molecular weight excluding hydrogens is 412 g/mol. The first-order chi connectivity index (χ1) is 15.4. The molecule has 32 heavy (non-hydrogen) atoms. The number of furan rings is 1. The summed E-state index contributed by atoms with van der Waals surface area (Å²) in [6, 6.07) is 17.5. The number of aromatic carboxylic acids is 1. The summed E-state index contributed by atoms with van der Waals surface area (Å²) >= 11 is 0. The molecule has 0 aliphatic carbocycles. The van der Waals surface area contributed by atoms with Crippen molar-refractivity contribution in [1.82, 2.24) is 0 Å². The minimum absolute atomic E-state index is 0.0768. The Hall–Kier alpha value is -4.64. The predicted octanol–water partition coefficient (Wildman–Crippen LogP) is 4.37. The van der Waals surface area contributed by atoms with Gasteiger partial charge >= 0.3 is 11.9 Å². The van der Waals surface area contributed by atoms with Gasteiger partial charge in [-0.2, -0.15) is 5.26 Å². The Morgan fingerprint density at radius 2 is 1.81 bits per heavy atom. The molecule has 0 unspecified atom stereocenters. The maximum Gasteiger partial charge on any atom is 0.338 e. The standard InChI is InChI=1S/C24H18N2O6/c1-2-31-24(30)16-9-7-15(8-10-16)21-12-11-18(32-21)13-17(14-25)22(27)26-20-6-4-3-5-19(20)23(28)29/h3-13H,2H2,1H3,(H,26,27)(H,28,29). The van der Waals surface area contributed by atoms with E-state index < -0.39 is 17.8 Å². The van der Waals surface area contributed by atoms with E-state index in [1.54, 1.807) is 55.5 Å². The normalized spacial score (nSPS) is 10.8. The van der Waals surface area contributed by atoms with E-state index >= 15 is 0 Å². The largest absolute Gasteiger partial charge is 0.478 e. The minimum atomic E-state index is -1.20. The van der Waals surface area contributed by atoms with E-state index in [1.165, 1.54) is 24.3 Å². The lowest BCUT2D eigenvalue weighted by atomic mass is 10.1. The molecule has 2 aromatic carbocycles. The van der Waals surface area contributed by atoms with Crippen molar-refractivity contribution in [3.05, 3.63) is 83.1 Å². The molecule has 8 heteroatoms. The van der Waals surface area contributed by atoms with Crippen LogP contribution in [0.25, 0.3) is 17.4 Å². The number of carboxylic acids is 1. The first kappa shape index (κ1) is 22.1. The smallest absolute Gasteiger partial charge is 0.338 e. The lowest BCUT2D eigenvalue weighted by Gasteiger charge is -2.07. The second-order valence-corrected chi connectivity index (χ2v) is 6.47. The average molecular weight is 430 g/mol. The Morgan fingerprint density at radius 3 is 2.47 bits per heavy atom. The van der Waals surface area contributed by atoms with Crippen LogP contribution in [-0.4, -0.2) is 29.6 Å². The Bertz CT molecular complexity index is 1230. The highest BCUT2D eigenvalue weighted by Crippen LogP contribution is 2.24. The monoisotopic (exact) mass is 430 g/mol. The quantitative estimate of drug-likeness (QED) is 0.323. The molecule has 0 aliphatic rings. The van der Waals surface area contributed by atoms with Crippen molar-refractivity contribution < 1.29 is 28.6 Å². The second kappa shape index (κ2) is 9.91. The van der Waals surface area contributed by atoms with Gasteiger partial charge in [0.15, 0.2) is 0 Å². The van der Waals surface area contributed by atoms with Crippen LogP contribution in [0.15, 0.2) is 70.7 Å². The van der Waals surface area contributed by atoms with Crippen molar-refractivity contribution in [1.29, 1.82) is 5.26 Å². The summed E-state index contributed by atoms with van der Waals surface area (Å²) in [5.41, 5.74) is 0.824. The van der Waals surface area contributed by atoms with Crippen molar-refractivity contribution in [3.8, 4) is 17.4 Å². The van der Waals surface area contributed by atoms with E-state index in [9.17, 15) is 24.8 Å². The first-order valence-electron chi connectivity index (χ1n) is 9.55. The third kappa shape index (κ3) is 5.09. The highest BCUT2D eigenvalue weighted by Gasteiger charge is 2.16. The number of rotatable bonds is 7. The lowest BCUT2D eigenvalue weighted by molar-refractivity contribution is -0.112. The molecule has 3 aromatic rings. The van der Waals surface area contributed by atoms with E-state index in [2.05, 4.69) is 5.32 Å². The highest BCUT2D eigenvalue weighted by molar-refractivity contribution is 6.11. The van der Waals surface area contributed by atoms with Crippen LogP contribution >= 0.6 is 0 Å². The Balaban J connectivity index is 1.78. The number of amides is 1. The van der Waals surface area contributed by atoms with Crippen LogP contribution < -0.4 is 5.32 Å². The van der Waals surface area contributed by atoms with E-state index in [1.807, 2.05) is 0 Å². The minimum Gasteiger partial charge on any atom is -0.478 e. The van der Waals surface area contributed by atoms with Gasteiger partial charge < -0.3 is 19.6 Å². The fourth-order valence-corrected chi connectivity index (χ4v) is 2.83. The number of carbonyl (C=O) groups is 3. The molecule has 160 valence electrons. The van der Waals surface area contributed by atoms with E-state index in [-0.39, 0.29) is 29.2 Å². The Labute approximate surface area is 183 Å². The maximum atomic E-state index is 12.5. The van der Waals surface area contributed by atoms with Gasteiger partial charge in [-0.15, -0.1) is 0 Å². The summed E-state index contributed by atoms with van der Waals surface area (Å²) in [5, 5.41) is 21.0. The van der Waals surface area contributed by atoms with E-state index in [4.69, 9.17) is 9.15 Å². The van der Waals surface area contributed by atoms with Crippen LogP contribution in [0.1, 0.15) is 33.4 Å². The van der Waals surface area contributed by atoms with Crippen molar-refractivity contribution in [2.24, 2.45) is 0 Å². The average Bonchev–Trinajstić information content (AvgIpc) is 3.26. The van der Waals surface area contributed by atoms with Gasteiger partial charge in [-0.05, 0) is 43.3 Å². The zero-order chi connectivity index (χ0) is 23.1. The van der Waals surface area contributed by atoms with Crippen molar-refractivity contribution >= 4 is 29.6 Å². The predicted molar refractivity (Wildman–Crippen MR) is 116 cm³/mol. The molecule has 0 atom stereocenters. The van der Waals surface area contributed by atoms with Crippen LogP contribution in [0.3, 0.4) is 0 Å². The SMILES string of the molecule is CCOC(=O)c1ccc(-c2ccc(C=C(C#N)C(=O)Nc3ccccc3C(=O)O)o2)cc1. The molecule has 0 spiro atoms. The number of carboxylic acid groups (broad SMARTS) is 1. The summed E-state index contributed by atoms with van der Waals surface area (Å²) in [5.74, 6) is -1.66. The molecule has 0 bridgehead atoms. The lowest BCUT2D eigenvalue weighted by Crippen LogP contribution is -2.16. The molecule has 1 aromatic heterocycles. The van der Waals surface area contributed by atoms with Crippen LogP contribution in [0, 0.1) is 11.3 Å². The number of ether oxygens (including phenoxy) is 1. The molecule has 8 nitrogen and oxygen atoms in total. The van der Waals surface area contributed by atoms with Crippen molar-refractivity contribution in [2.75, 3.05) is 11.9 Å². The van der Waals surface area contributed by atoms with Gasteiger partial charge in [0.1, 0.15) is 23.2 Å². The third-order valence-corrected chi connectivity index (χ3v) is 4.36. The van der Waals surface area contributed by atoms with E-state index in [0.29, 0.717) is 16.9 Å². The van der Waals surface area contributed by atoms with Gasteiger partial charge in [-0.3, -0.25) is 4.79 Å². The Morgan fingerprint density at radius 1 is 1.09 bits per heavy atom. The van der Waals surface area contributed by atoms with Crippen LogP contribution in [-0.2, 0) is 9.53 Å². The number of para-hydroxylation sites is 1. The van der Waals surface area contributed by atoms with Crippen LogP contribution in [0.4, 0.5) is 5.69 Å². The zero-order valence-electron chi connectivity index (χ0n) is 17.0. The van der Waals surface area contributed by atoms with Gasteiger partial charge in [-0.1, -0.05) is 24.3 Å². The molecule has 0 aliphatic heterocycles. The second-order valence-electron chi connectivity index (χ2n) is 6.47. The third-order valence-electron chi connectivity index (χ3n) is 4.36. The summed E-state index contributed by atoms with van der Waals surface area (Å²) in [7, 11) is 0. The number of anilines is 1. The molecular formula is C24H18N2O6. The summed E-state index contributed by atoms with van der Waals surface area (Å²) in [4.78, 5) is 35.5. The fourth-order valence-electron chi connectivity index (χ4n) is 2.83. The summed E-state index contributed by atoms with van der Waals surface area (Å²) in [6.07, 6.45) is 1.26. The topological polar surface area (TPSA) is 130 Å². The van der Waals surface area contributed by atoms with Gasteiger partial charge in [0.25, 0.3) is 5.91 Å². The van der Waals surface area contributed by atoms with Gasteiger partial charge in [0, 0.05) is 11.6 Å². The number of hydrogen-bond donors (Lipinski definition) is 2. The first-order valence-corrected chi connectivity index (χ1v) is 9.55. The number of esters is 1. The fraction of sp³-hybridized carbons (Fsp3) is 0.0833. The van der Waals surface area contributed by atoms with Gasteiger partial charge in [0.2, 0.25) is 0 Å². The number of nitrogens with zero attached hydrogens (tertiary/aromatic N) is 1. The summed E-state index contributed by atoms with van der Waals surface area (Å²) < 4.78 is 10.6. The molecule has 1 amide bonds. The maximum absolute atomic E-state index is 12.5. The van der Waals surface area contributed by atoms with Gasteiger partial charge in [0.05, 0.1) is 23.4 Å². The number of carbonyl (C=O) groups excluding carboxylic acids is 2. The number of nitriles is 1. The highest BCUT2D eigenvalue weighted by atomic mass is 16.5. The number of hydrogen-bond acceptors (Lipinski definition) is 6.